The molecule has 0 rings (SSSR count). The summed E-state index contributed by atoms with van der Waals surface area (Å²) in [4.78, 5) is 34.3. The summed E-state index contributed by atoms with van der Waals surface area (Å²) in [5, 5.41) is 0. The van der Waals surface area contributed by atoms with Crippen molar-refractivity contribution in [1.29, 1.82) is 0 Å². The van der Waals surface area contributed by atoms with Gasteiger partial charge in [0.25, 0.3) is 0 Å². The molecule has 0 radical (unpaired) electrons. The van der Waals surface area contributed by atoms with E-state index >= 15 is 0 Å². The van der Waals surface area contributed by atoms with Crippen molar-refractivity contribution in [3.63, 3.8) is 0 Å². The molecule has 0 aliphatic carbocycles. The molecule has 0 aromatic rings. The molecule has 0 saturated carbocycles. The van der Waals surface area contributed by atoms with E-state index in [4.69, 9.17) is 19.2 Å². The summed E-state index contributed by atoms with van der Waals surface area (Å²) < 4.78 is 0. The first-order chi connectivity index (χ1) is 2.00. The van der Waals surface area contributed by atoms with E-state index in [0.29, 0.717) is 0 Å². The van der Waals surface area contributed by atoms with Gasteiger partial charge in [-0.1, -0.05) is 0 Å². The summed E-state index contributed by atoms with van der Waals surface area (Å²) in [6, 6.07) is 0. The molecule has 88 valence electrons. The number of hydrogen-bond acceptors (Lipinski definition) is 4. The van der Waals surface area contributed by atoms with Crippen LogP contribution in [0.2, 0.25) is 0 Å². The summed E-state index contributed by atoms with van der Waals surface area (Å²) in [7, 11) is -5.61. The van der Waals surface area contributed by atoms with Gasteiger partial charge in [-0.25, -0.2) is 0 Å². The fraction of sp³-hybridized carbons (Fsp3) is 0. The topological polar surface area (TPSA) is 313 Å². The van der Waals surface area contributed by atoms with Gasteiger partial charge >= 0.3 is 118 Å². The van der Waals surface area contributed by atoms with Crippen LogP contribution >= 0.6 is 0 Å². The van der Waals surface area contributed by atoms with Crippen LogP contribution < -0.4 is 137 Å². The Kier molecular flexibility index (Phi) is 447. The summed E-state index contributed by atoms with van der Waals surface area (Å²) in [5.74, 6) is 0. The van der Waals surface area contributed by atoms with E-state index in [2.05, 4.69) is 0 Å². The second-order valence-corrected chi connectivity index (χ2v) is 1.50. The average Bonchev–Trinajstić information content (AvgIpc) is 0.722. The van der Waals surface area contributed by atoms with Crippen molar-refractivity contribution in [1.82, 2.24) is 0 Å². The molecule has 0 unspecified atom stereocenters. The van der Waals surface area contributed by atoms with E-state index in [0.717, 1.165) is 0 Å². The predicted octanol–water partition coefficient (Wildman–Crippen LogP) is -22.9. The van der Waals surface area contributed by atoms with Gasteiger partial charge < -0.3 is 66.6 Å². The van der Waals surface area contributed by atoms with Crippen LogP contribution in [0.5, 0.6) is 0 Å². The Morgan fingerprint density at radius 1 is 0.375 bits per heavy atom. The van der Waals surface area contributed by atoms with Gasteiger partial charge in [0, 0.05) is 0 Å². The first-order valence-corrected chi connectivity index (χ1v) is 2.45. The smallest absolute Gasteiger partial charge is 0.894 e. The minimum absolute atomic E-state index is 0. The zero-order valence-corrected chi connectivity index (χ0v) is 18.6. The molecule has 0 aliphatic heterocycles. The number of hydrogen-bond donors (Lipinski definition) is 0. The third-order valence-electron chi connectivity index (χ3n) is 0. The minimum atomic E-state index is -5.61. The maximum Gasteiger partial charge on any atom is 1.00 e. The SMILES string of the molecule is O.O.O.O.O.O.O.[Na+].[Na+].[Na+].[Na+].[O-][Si]([O-])([O-])[O-]. The van der Waals surface area contributed by atoms with Crippen LogP contribution in [0, 0.1) is 0 Å². The average molecular weight is 310 g/mol. The van der Waals surface area contributed by atoms with Gasteiger partial charge in [0.05, 0.1) is 0 Å². The van der Waals surface area contributed by atoms with Crippen LogP contribution in [0.25, 0.3) is 0 Å². The van der Waals surface area contributed by atoms with Crippen molar-refractivity contribution in [2.75, 3.05) is 0 Å². The molecule has 0 aromatic heterocycles. The molecule has 0 aliphatic rings. The van der Waals surface area contributed by atoms with Crippen LogP contribution in [0.4, 0.5) is 0 Å². The monoisotopic (exact) mass is 310 g/mol. The van der Waals surface area contributed by atoms with Gasteiger partial charge in [0.2, 0.25) is 0 Å². The molecular formula is H14Na4O11Si. The van der Waals surface area contributed by atoms with Crippen LogP contribution in [-0.4, -0.2) is 47.4 Å². The van der Waals surface area contributed by atoms with E-state index in [1.54, 1.807) is 0 Å². The largest absolute Gasteiger partial charge is 1.00 e. The quantitative estimate of drug-likeness (QED) is 0.393. The third kappa shape index (κ3) is 351. The van der Waals surface area contributed by atoms with Crippen LogP contribution in [0.3, 0.4) is 0 Å². The van der Waals surface area contributed by atoms with E-state index in [1.165, 1.54) is 0 Å². The Morgan fingerprint density at radius 2 is 0.375 bits per heavy atom. The Labute approximate surface area is 181 Å². The Balaban J connectivity index is -0.00000000145. The van der Waals surface area contributed by atoms with Crippen LogP contribution in [0.15, 0.2) is 0 Å². The van der Waals surface area contributed by atoms with Crippen molar-refractivity contribution >= 4 is 9.05 Å². The molecule has 0 aromatic carbocycles. The summed E-state index contributed by atoms with van der Waals surface area (Å²) >= 11 is 0. The van der Waals surface area contributed by atoms with Crippen LogP contribution in [-0.2, 0) is 0 Å². The van der Waals surface area contributed by atoms with Gasteiger partial charge in [-0.2, -0.15) is 0 Å². The zero-order chi connectivity index (χ0) is 4.50. The Bertz CT molecular complexity index is 33.5. The predicted molar refractivity (Wildman–Crippen MR) is 31.1 cm³/mol. The fourth-order valence-corrected chi connectivity index (χ4v) is 0. The number of rotatable bonds is 0. The zero-order valence-electron chi connectivity index (χ0n) is 9.63. The molecular weight excluding hydrogens is 296 g/mol. The van der Waals surface area contributed by atoms with Crippen molar-refractivity contribution in [3.8, 4) is 0 Å². The van der Waals surface area contributed by atoms with Gasteiger partial charge in [0.15, 0.2) is 0 Å². The van der Waals surface area contributed by atoms with E-state index in [1.807, 2.05) is 0 Å². The maximum absolute atomic E-state index is 8.58. The third-order valence-corrected chi connectivity index (χ3v) is 0. The molecule has 0 saturated heterocycles. The minimum Gasteiger partial charge on any atom is -0.894 e. The normalized spacial score (nSPS) is 3.75. The van der Waals surface area contributed by atoms with Crippen molar-refractivity contribution < 1.29 is 176 Å². The molecule has 16 heteroatoms. The first-order valence-electron chi connectivity index (χ1n) is 0.816. The molecule has 0 amide bonds. The molecule has 11 nitrogen and oxygen atoms in total. The molecule has 0 heterocycles. The second-order valence-electron chi connectivity index (χ2n) is 0.500. The van der Waals surface area contributed by atoms with Crippen LogP contribution in [0.1, 0.15) is 0 Å². The molecule has 16 heavy (non-hydrogen) atoms. The van der Waals surface area contributed by atoms with Gasteiger partial charge in [-0.05, 0) is 0 Å². The van der Waals surface area contributed by atoms with Crippen molar-refractivity contribution in [2.45, 2.75) is 0 Å². The summed E-state index contributed by atoms with van der Waals surface area (Å²) in [5.41, 5.74) is 0. The van der Waals surface area contributed by atoms with Gasteiger partial charge in [0.1, 0.15) is 0 Å². The molecule has 0 bridgehead atoms. The maximum atomic E-state index is 8.58. The standard InChI is InChI=1S/4Na.O4Si.7H2O/c;;;;1-5(2,3)4;;;;;;;/h;;;;;7*1H2/q4*+1;-4;;;;;;;. The molecule has 0 fully saturated rings. The van der Waals surface area contributed by atoms with Crippen molar-refractivity contribution in [3.05, 3.63) is 0 Å². The molecule has 0 spiro atoms. The second kappa shape index (κ2) is 62.1. The summed E-state index contributed by atoms with van der Waals surface area (Å²) in [6.45, 7) is 0. The van der Waals surface area contributed by atoms with Gasteiger partial charge in [-0.3, -0.25) is 0 Å². The fourth-order valence-electron chi connectivity index (χ4n) is 0. The van der Waals surface area contributed by atoms with E-state index in [-0.39, 0.29) is 157 Å². The van der Waals surface area contributed by atoms with E-state index < -0.39 is 9.05 Å². The van der Waals surface area contributed by atoms with E-state index in [9.17, 15) is 0 Å². The Morgan fingerprint density at radius 3 is 0.375 bits per heavy atom. The first kappa shape index (κ1) is 115. The van der Waals surface area contributed by atoms with Crippen molar-refractivity contribution in [2.24, 2.45) is 0 Å². The Hall–Kier alpha value is 3.78. The molecule has 14 N–H and O–H groups in total. The molecule has 0 atom stereocenters. The van der Waals surface area contributed by atoms with Gasteiger partial charge in [-0.15, -0.1) is 0 Å². The summed E-state index contributed by atoms with van der Waals surface area (Å²) in [6.07, 6.45) is 0.